The third kappa shape index (κ3) is 2.80. The Kier molecular flexibility index (Phi) is 4.04. The minimum Gasteiger partial charge on any atom is -0.372 e. The smallest absolute Gasteiger partial charge is 0.295 e. The summed E-state index contributed by atoms with van der Waals surface area (Å²) in [5.74, 6) is 0. The molecule has 1 aromatic carbocycles. The highest BCUT2D eigenvalue weighted by Crippen LogP contribution is 2.33. The van der Waals surface area contributed by atoms with Crippen molar-refractivity contribution in [2.75, 3.05) is 5.32 Å². The summed E-state index contributed by atoms with van der Waals surface area (Å²) in [4.78, 5) is 16.4. The normalized spacial score (nSPS) is 12.2. The van der Waals surface area contributed by atoms with Crippen molar-refractivity contribution in [2.45, 2.75) is 33.7 Å². The largest absolute Gasteiger partial charge is 0.372 e. The zero-order valence-corrected chi connectivity index (χ0v) is 12.7. The summed E-state index contributed by atoms with van der Waals surface area (Å²) in [6, 6.07) is 5.30. The second-order valence-electron chi connectivity index (χ2n) is 4.78. The zero-order chi connectivity index (χ0) is 14.9. The molecule has 6 heteroatoms. The van der Waals surface area contributed by atoms with Gasteiger partial charge in [-0.15, -0.1) is 11.3 Å². The van der Waals surface area contributed by atoms with Crippen LogP contribution < -0.4 is 5.32 Å². The van der Waals surface area contributed by atoms with Crippen molar-refractivity contribution < 1.29 is 4.92 Å². The number of anilines is 1. The molecule has 0 bridgehead atoms. The number of hydrogen-bond donors (Lipinski definition) is 1. The van der Waals surface area contributed by atoms with Gasteiger partial charge in [0, 0.05) is 10.4 Å². The van der Waals surface area contributed by atoms with Gasteiger partial charge < -0.3 is 5.32 Å². The van der Waals surface area contributed by atoms with Crippen molar-refractivity contribution in [2.24, 2.45) is 0 Å². The van der Waals surface area contributed by atoms with Gasteiger partial charge in [0.25, 0.3) is 5.69 Å². The number of nitrogens with one attached hydrogen (secondary N) is 1. The van der Waals surface area contributed by atoms with Crippen LogP contribution in [-0.2, 0) is 0 Å². The van der Waals surface area contributed by atoms with Gasteiger partial charge in [0.1, 0.15) is 5.69 Å². The first-order valence-corrected chi connectivity index (χ1v) is 7.16. The third-order valence-electron chi connectivity index (χ3n) is 3.13. The summed E-state index contributed by atoms with van der Waals surface area (Å²) in [6.07, 6.45) is 0. The summed E-state index contributed by atoms with van der Waals surface area (Å²) in [5, 5.41) is 15.4. The molecule has 1 aromatic heterocycles. The number of thiazole rings is 1. The molecule has 0 radical (unpaired) electrons. The number of para-hydroxylation sites is 1. The summed E-state index contributed by atoms with van der Waals surface area (Å²) in [7, 11) is 0. The van der Waals surface area contributed by atoms with E-state index in [1.165, 1.54) is 0 Å². The van der Waals surface area contributed by atoms with Gasteiger partial charge in [0.05, 0.1) is 21.7 Å². The molecule has 1 N–H and O–H groups in total. The zero-order valence-electron chi connectivity index (χ0n) is 11.9. The van der Waals surface area contributed by atoms with Crippen LogP contribution in [0.15, 0.2) is 18.2 Å². The maximum atomic E-state index is 11.2. The van der Waals surface area contributed by atoms with Crippen LogP contribution in [0.2, 0.25) is 0 Å². The average molecular weight is 291 g/mol. The predicted octanol–water partition coefficient (Wildman–Crippen LogP) is 4.15. The van der Waals surface area contributed by atoms with Crippen LogP contribution in [0.1, 0.15) is 34.1 Å². The maximum absolute atomic E-state index is 11.2. The van der Waals surface area contributed by atoms with Gasteiger partial charge in [-0.05, 0) is 33.8 Å². The topological polar surface area (TPSA) is 68.1 Å². The molecular formula is C14H17N3O2S. The molecule has 0 aliphatic carbocycles. The highest BCUT2D eigenvalue weighted by Gasteiger charge is 2.20. The number of aromatic nitrogens is 1. The number of hydrogen-bond acceptors (Lipinski definition) is 5. The Labute approximate surface area is 121 Å². The predicted molar refractivity (Wildman–Crippen MR) is 81.5 cm³/mol. The molecule has 0 spiro atoms. The van der Waals surface area contributed by atoms with Crippen LogP contribution in [0.4, 0.5) is 11.4 Å². The second kappa shape index (κ2) is 5.58. The van der Waals surface area contributed by atoms with E-state index in [0.717, 1.165) is 15.6 Å². The first-order chi connectivity index (χ1) is 9.40. The van der Waals surface area contributed by atoms with Crippen molar-refractivity contribution in [3.05, 3.63) is 49.5 Å². The molecule has 20 heavy (non-hydrogen) atoms. The van der Waals surface area contributed by atoms with Gasteiger partial charge in [-0.25, -0.2) is 4.98 Å². The summed E-state index contributed by atoms with van der Waals surface area (Å²) >= 11 is 1.62. The minimum atomic E-state index is -0.338. The fourth-order valence-corrected chi connectivity index (χ4v) is 3.20. The number of nitro groups is 1. The number of nitro benzene ring substituents is 1. The Morgan fingerprint density at radius 3 is 2.60 bits per heavy atom. The summed E-state index contributed by atoms with van der Waals surface area (Å²) in [5.41, 5.74) is 2.32. The molecule has 0 saturated heterocycles. The van der Waals surface area contributed by atoms with Gasteiger partial charge in [0.2, 0.25) is 0 Å². The Morgan fingerprint density at radius 1 is 1.35 bits per heavy atom. The SMILES string of the molecule is Cc1nc(C)c(C(C)Nc2cccc(C)c2[N+](=O)[O-])s1. The minimum absolute atomic E-state index is 0.0123. The Balaban J connectivity index is 2.33. The van der Waals surface area contributed by atoms with Crippen molar-refractivity contribution >= 4 is 22.7 Å². The molecule has 2 aromatic rings. The molecule has 0 aliphatic heterocycles. The van der Waals surface area contributed by atoms with Crippen LogP contribution in [0.3, 0.4) is 0 Å². The van der Waals surface area contributed by atoms with E-state index in [1.54, 1.807) is 30.4 Å². The highest BCUT2D eigenvalue weighted by atomic mass is 32.1. The maximum Gasteiger partial charge on any atom is 0.295 e. The molecule has 106 valence electrons. The van der Waals surface area contributed by atoms with Crippen LogP contribution in [0.5, 0.6) is 0 Å². The fourth-order valence-electron chi connectivity index (χ4n) is 2.27. The number of benzene rings is 1. The lowest BCUT2D eigenvalue weighted by molar-refractivity contribution is -0.384. The van der Waals surface area contributed by atoms with Crippen LogP contribution in [0.25, 0.3) is 0 Å². The fraction of sp³-hybridized carbons (Fsp3) is 0.357. The quantitative estimate of drug-likeness (QED) is 0.678. The molecule has 0 saturated carbocycles. The van der Waals surface area contributed by atoms with Gasteiger partial charge in [-0.3, -0.25) is 10.1 Å². The molecule has 2 rings (SSSR count). The highest BCUT2D eigenvalue weighted by molar-refractivity contribution is 7.11. The van der Waals surface area contributed by atoms with E-state index >= 15 is 0 Å². The number of nitrogens with zero attached hydrogens (tertiary/aromatic N) is 2. The summed E-state index contributed by atoms with van der Waals surface area (Å²) < 4.78 is 0. The van der Waals surface area contributed by atoms with Gasteiger partial charge in [-0.2, -0.15) is 0 Å². The van der Waals surface area contributed by atoms with Gasteiger partial charge >= 0.3 is 0 Å². The van der Waals surface area contributed by atoms with E-state index in [2.05, 4.69) is 10.3 Å². The van der Waals surface area contributed by atoms with Crippen molar-refractivity contribution in [1.82, 2.24) is 4.98 Å². The molecule has 1 heterocycles. The Bertz CT molecular complexity index is 652. The van der Waals surface area contributed by atoms with Crippen molar-refractivity contribution in [3.8, 4) is 0 Å². The van der Waals surface area contributed by atoms with Gasteiger partial charge in [0.15, 0.2) is 0 Å². The number of aryl methyl sites for hydroxylation is 3. The average Bonchev–Trinajstić information content (AvgIpc) is 2.68. The molecule has 0 aliphatic rings. The van der Waals surface area contributed by atoms with Crippen LogP contribution >= 0.6 is 11.3 Å². The van der Waals surface area contributed by atoms with Crippen LogP contribution in [0, 0.1) is 30.9 Å². The number of rotatable bonds is 4. The lowest BCUT2D eigenvalue weighted by Crippen LogP contribution is -2.08. The van der Waals surface area contributed by atoms with E-state index < -0.39 is 0 Å². The second-order valence-corrected chi connectivity index (χ2v) is 6.01. The third-order valence-corrected chi connectivity index (χ3v) is 4.38. The molecule has 0 fully saturated rings. The molecule has 5 nitrogen and oxygen atoms in total. The van der Waals surface area contributed by atoms with Crippen molar-refractivity contribution in [1.29, 1.82) is 0 Å². The monoisotopic (exact) mass is 291 g/mol. The molecule has 1 atom stereocenters. The Morgan fingerprint density at radius 2 is 2.05 bits per heavy atom. The molecular weight excluding hydrogens is 274 g/mol. The first-order valence-electron chi connectivity index (χ1n) is 6.34. The van der Waals surface area contributed by atoms with Crippen LogP contribution in [-0.4, -0.2) is 9.91 Å². The lowest BCUT2D eigenvalue weighted by atomic mass is 10.1. The summed E-state index contributed by atoms with van der Waals surface area (Å²) in [6.45, 7) is 7.66. The Hall–Kier alpha value is -1.95. The molecule has 0 amide bonds. The van der Waals surface area contributed by atoms with E-state index in [4.69, 9.17) is 0 Å². The van der Waals surface area contributed by atoms with E-state index in [1.807, 2.05) is 26.8 Å². The lowest BCUT2D eigenvalue weighted by Gasteiger charge is -2.15. The van der Waals surface area contributed by atoms with E-state index in [-0.39, 0.29) is 16.7 Å². The van der Waals surface area contributed by atoms with E-state index in [0.29, 0.717) is 11.3 Å². The van der Waals surface area contributed by atoms with Gasteiger partial charge in [-0.1, -0.05) is 12.1 Å². The first kappa shape index (κ1) is 14.5. The van der Waals surface area contributed by atoms with E-state index in [9.17, 15) is 10.1 Å². The molecule has 1 unspecified atom stereocenters. The standard InChI is InChI=1S/C14H17N3O2S/c1-8-6-5-7-12(13(8)17(18)19)16-10(3)14-9(2)15-11(4)20-14/h5-7,10,16H,1-4H3. The van der Waals surface area contributed by atoms with Crippen molar-refractivity contribution in [3.63, 3.8) is 0 Å².